The van der Waals surface area contributed by atoms with Gasteiger partial charge in [0.1, 0.15) is 17.4 Å². The van der Waals surface area contributed by atoms with Crippen LogP contribution in [0.15, 0.2) is 12.1 Å². The first-order chi connectivity index (χ1) is 7.59. The summed E-state index contributed by atoms with van der Waals surface area (Å²) in [6, 6.07) is 3.70. The number of aromatic hydroxyl groups is 1. The largest absolute Gasteiger partial charge is 0.507 e. The summed E-state index contributed by atoms with van der Waals surface area (Å²) in [6.07, 6.45) is 0.576. The fourth-order valence-corrected chi connectivity index (χ4v) is 1.73. The first-order valence-electron chi connectivity index (χ1n) is 5.62. The van der Waals surface area contributed by atoms with Crippen LogP contribution in [0.4, 0.5) is 0 Å². The molecule has 3 nitrogen and oxygen atoms in total. The molecule has 0 saturated carbocycles. The lowest BCUT2D eigenvalue weighted by atomic mass is 9.96. The van der Waals surface area contributed by atoms with Crippen molar-refractivity contribution >= 4 is 5.97 Å². The maximum Gasteiger partial charge on any atom is 0.342 e. The van der Waals surface area contributed by atoms with Gasteiger partial charge in [0.15, 0.2) is 0 Å². The molecule has 3 heteroatoms. The SMILES string of the molecule is CC.Cc1ccc2c(c1O)C(=O)OC(C)C2. The van der Waals surface area contributed by atoms with Gasteiger partial charge in [-0.3, -0.25) is 0 Å². The van der Waals surface area contributed by atoms with Gasteiger partial charge in [-0.05, 0) is 25.0 Å². The van der Waals surface area contributed by atoms with Crippen LogP contribution < -0.4 is 0 Å². The van der Waals surface area contributed by atoms with E-state index in [1.54, 1.807) is 6.92 Å². The van der Waals surface area contributed by atoms with Crippen molar-refractivity contribution in [2.45, 2.75) is 40.2 Å². The summed E-state index contributed by atoms with van der Waals surface area (Å²) >= 11 is 0. The van der Waals surface area contributed by atoms with E-state index in [2.05, 4.69) is 0 Å². The van der Waals surface area contributed by atoms with E-state index >= 15 is 0 Å². The summed E-state index contributed by atoms with van der Waals surface area (Å²) in [7, 11) is 0. The molecule has 0 amide bonds. The summed E-state index contributed by atoms with van der Waals surface area (Å²) in [5.74, 6) is -0.362. The van der Waals surface area contributed by atoms with E-state index in [0.29, 0.717) is 17.5 Å². The van der Waals surface area contributed by atoms with Crippen molar-refractivity contribution in [2.75, 3.05) is 0 Å². The van der Waals surface area contributed by atoms with Crippen LogP contribution in [0.3, 0.4) is 0 Å². The fraction of sp³-hybridized carbons (Fsp3) is 0.462. The molecule has 0 bridgehead atoms. The summed E-state index contributed by atoms with van der Waals surface area (Å²) < 4.78 is 5.05. The van der Waals surface area contributed by atoms with Crippen molar-refractivity contribution in [3.63, 3.8) is 0 Å². The number of esters is 1. The topological polar surface area (TPSA) is 46.5 Å². The molecule has 1 unspecified atom stereocenters. The highest BCUT2D eigenvalue weighted by molar-refractivity contribution is 5.95. The molecule has 0 aliphatic carbocycles. The average molecular weight is 222 g/mol. The van der Waals surface area contributed by atoms with E-state index < -0.39 is 5.97 Å². The molecular weight excluding hydrogens is 204 g/mol. The lowest BCUT2D eigenvalue weighted by Gasteiger charge is -2.22. The molecule has 2 rings (SSSR count). The molecule has 0 spiro atoms. The Bertz CT molecular complexity index is 396. The Morgan fingerprint density at radius 2 is 2.00 bits per heavy atom. The number of cyclic esters (lactones) is 1. The Balaban J connectivity index is 0.000000606. The summed E-state index contributed by atoms with van der Waals surface area (Å²) in [5.41, 5.74) is 1.91. The van der Waals surface area contributed by atoms with Crippen molar-refractivity contribution in [3.05, 3.63) is 28.8 Å². The van der Waals surface area contributed by atoms with E-state index in [4.69, 9.17) is 4.74 Å². The van der Waals surface area contributed by atoms with Gasteiger partial charge in [0.05, 0.1) is 0 Å². The smallest absolute Gasteiger partial charge is 0.342 e. The van der Waals surface area contributed by atoms with Gasteiger partial charge in [-0.15, -0.1) is 0 Å². The third kappa shape index (κ3) is 2.18. The molecule has 1 aromatic rings. The lowest BCUT2D eigenvalue weighted by molar-refractivity contribution is 0.0297. The molecule has 0 fully saturated rings. The van der Waals surface area contributed by atoms with Crippen molar-refractivity contribution in [3.8, 4) is 5.75 Å². The summed E-state index contributed by atoms with van der Waals surface area (Å²) in [4.78, 5) is 11.5. The first-order valence-corrected chi connectivity index (χ1v) is 5.62. The number of phenolic OH excluding ortho intramolecular Hbond substituents is 1. The minimum absolute atomic E-state index is 0.0550. The molecule has 16 heavy (non-hydrogen) atoms. The van der Waals surface area contributed by atoms with Gasteiger partial charge in [0.2, 0.25) is 0 Å². The number of aryl methyl sites for hydroxylation is 1. The Kier molecular flexibility index (Phi) is 3.93. The minimum atomic E-state index is -0.417. The molecule has 1 aliphatic heterocycles. The Morgan fingerprint density at radius 3 is 2.62 bits per heavy atom. The zero-order chi connectivity index (χ0) is 12.3. The number of ether oxygens (including phenoxy) is 1. The highest BCUT2D eigenvalue weighted by atomic mass is 16.5. The standard InChI is InChI=1S/C11H12O3.C2H6/c1-6-3-4-8-5-7(2)14-11(13)9(8)10(6)12;1-2/h3-4,7,12H,5H2,1-2H3;1-2H3. The van der Waals surface area contributed by atoms with Crippen LogP contribution in [0.1, 0.15) is 42.3 Å². The number of benzene rings is 1. The minimum Gasteiger partial charge on any atom is -0.507 e. The maximum atomic E-state index is 11.5. The average Bonchev–Trinajstić information content (AvgIpc) is 2.26. The van der Waals surface area contributed by atoms with Gasteiger partial charge in [-0.25, -0.2) is 4.79 Å². The van der Waals surface area contributed by atoms with E-state index in [-0.39, 0.29) is 11.9 Å². The predicted molar refractivity (Wildman–Crippen MR) is 62.8 cm³/mol. The van der Waals surface area contributed by atoms with E-state index in [9.17, 15) is 9.90 Å². The number of phenols is 1. The Hall–Kier alpha value is -1.51. The van der Waals surface area contributed by atoms with Crippen LogP contribution in [0.5, 0.6) is 5.75 Å². The maximum absolute atomic E-state index is 11.5. The van der Waals surface area contributed by atoms with Gasteiger partial charge in [0, 0.05) is 6.42 Å². The van der Waals surface area contributed by atoms with Gasteiger partial charge in [-0.2, -0.15) is 0 Å². The van der Waals surface area contributed by atoms with Crippen LogP contribution in [-0.4, -0.2) is 17.2 Å². The lowest BCUT2D eigenvalue weighted by Crippen LogP contribution is -2.25. The van der Waals surface area contributed by atoms with Gasteiger partial charge in [0.25, 0.3) is 0 Å². The first kappa shape index (κ1) is 12.6. The Labute approximate surface area is 96.1 Å². The number of hydrogen-bond acceptors (Lipinski definition) is 3. The zero-order valence-electron chi connectivity index (χ0n) is 10.2. The molecule has 1 aromatic carbocycles. The van der Waals surface area contributed by atoms with Crippen LogP contribution in [0, 0.1) is 6.92 Å². The molecule has 1 atom stereocenters. The van der Waals surface area contributed by atoms with Gasteiger partial charge in [-0.1, -0.05) is 26.0 Å². The monoisotopic (exact) mass is 222 g/mol. The molecule has 0 aromatic heterocycles. The van der Waals surface area contributed by atoms with Crippen LogP contribution in [0.2, 0.25) is 0 Å². The summed E-state index contributed by atoms with van der Waals surface area (Å²) in [5, 5.41) is 9.70. The highest BCUT2D eigenvalue weighted by Crippen LogP contribution is 2.30. The number of hydrogen-bond donors (Lipinski definition) is 1. The molecule has 1 heterocycles. The quantitative estimate of drug-likeness (QED) is 0.686. The Morgan fingerprint density at radius 1 is 1.38 bits per heavy atom. The van der Waals surface area contributed by atoms with Gasteiger partial charge < -0.3 is 9.84 Å². The number of fused-ring (bicyclic) bond motifs is 1. The van der Waals surface area contributed by atoms with Crippen molar-refractivity contribution in [2.24, 2.45) is 0 Å². The highest BCUT2D eigenvalue weighted by Gasteiger charge is 2.27. The zero-order valence-corrected chi connectivity index (χ0v) is 10.2. The second kappa shape index (κ2) is 5.01. The second-order valence-corrected chi connectivity index (χ2v) is 3.69. The normalized spacial score (nSPS) is 18.0. The van der Waals surface area contributed by atoms with E-state index in [1.165, 1.54) is 0 Å². The number of carbonyl (C=O) groups is 1. The molecular formula is C13H18O3. The molecule has 0 radical (unpaired) electrons. The number of rotatable bonds is 0. The van der Waals surface area contributed by atoms with Crippen LogP contribution in [0.25, 0.3) is 0 Å². The molecule has 88 valence electrons. The van der Waals surface area contributed by atoms with Crippen molar-refractivity contribution in [1.29, 1.82) is 0 Å². The van der Waals surface area contributed by atoms with Crippen molar-refractivity contribution < 1.29 is 14.6 Å². The third-order valence-electron chi connectivity index (χ3n) is 2.49. The summed E-state index contributed by atoms with van der Waals surface area (Å²) in [6.45, 7) is 7.61. The molecule has 1 N–H and O–H groups in total. The molecule has 1 aliphatic rings. The van der Waals surface area contributed by atoms with E-state index in [0.717, 1.165) is 5.56 Å². The van der Waals surface area contributed by atoms with Crippen molar-refractivity contribution in [1.82, 2.24) is 0 Å². The van der Waals surface area contributed by atoms with Crippen LogP contribution in [-0.2, 0) is 11.2 Å². The van der Waals surface area contributed by atoms with E-state index in [1.807, 2.05) is 32.9 Å². The third-order valence-corrected chi connectivity index (χ3v) is 2.49. The molecule has 0 saturated heterocycles. The van der Waals surface area contributed by atoms with Gasteiger partial charge >= 0.3 is 5.97 Å². The number of carbonyl (C=O) groups excluding carboxylic acids is 1. The predicted octanol–water partition coefficient (Wildman–Crippen LogP) is 2.83. The van der Waals surface area contributed by atoms with Crippen LogP contribution >= 0.6 is 0 Å². The fourth-order valence-electron chi connectivity index (χ4n) is 1.73. The second-order valence-electron chi connectivity index (χ2n) is 3.69.